The first-order chi connectivity index (χ1) is 34.3. The Bertz CT molecular complexity index is 1910. The highest BCUT2D eigenvalue weighted by Gasteiger charge is 2.26. The van der Waals surface area contributed by atoms with Crippen molar-refractivity contribution in [2.45, 2.75) is 221 Å². The van der Waals surface area contributed by atoms with Crippen molar-refractivity contribution in [2.24, 2.45) is 0 Å². The van der Waals surface area contributed by atoms with Gasteiger partial charge in [-0.15, -0.1) is 0 Å². The van der Waals surface area contributed by atoms with E-state index in [9.17, 15) is 0 Å². The van der Waals surface area contributed by atoms with Gasteiger partial charge in [-0.25, -0.2) is 0 Å². The maximum Gasteiger partial charge on any atom is 0.184 e. The fraction of sp³-hybridized carbons (Fsp3) is 0.613. The van der Waals surface area contributed by atoms with E-state index >= 15 is 0 Å². The molecule has 8 unspecified atom stereocenters. The van der Waals surface area contributed by atoms with Gasteiger partial charge in [-0.2, -0.15) is 0 Å². The first-order valence-electron chi connectivity index (χ1n) is 27.7. The molecule has 4 aliphatic heterocycles. The van der Waals surface area contributed by atoms with Crippen LogP contribution in [0.5, 0.6) is 0 Å². The molecule has 0 aromatic heterocycles. The van der Waals surface area contributed by atoms with Gasteiger partial charge < -0.3 is 37.9 Å². The number of aryl methyl sites for hydroxylation is 4. The van der Waals surface area contributed by atoms with Gasteiger partial charge in [0.1, 0.15) is 0 Å². The Morgan fingerprint density at radius 1 is 0.343 bits per heavy atom. The summed E-state index contributed by atoms with van der Waals surface area (Å²) in [7, 11) is 0. The minimum atomic E-state index is -0.167. The molecule has 0 amide bonds. The van der Waals surface area contributed by atoms with Gasteiger partial charge in [0, 0.05) is 22.3 Å². The van der Waals surface area contributed by atoms with Crippen molar-refractivity contribution in [1.82, 2.24) is 0 Å². The topological polar surface area (TPSA) is 73.8 Å². The lowest BCUT2D eigenvalue weighted by Gasteiger charge is -2.30. The van der Waals surface area contributed by atoms with E-state index in [0.717, 1.165) is 119 Å². The second-order valence-corrected chi connectivity index (χ2v) is 19.5. The number of hydrogen-bond donors (Lipinski definition) is 0. The van der Waals surface area contributed by atoms with Gasteiger partial charge in [0.25, 0.3) is 0 Å². The van der Waals surface area contributed by atoms with Gasteiger partial charge in [0.15, 0.2) is 25.2 Å². The number of ether oxygens (including phenoxy) is 8. The molecule has 4 saturated heterocycles. The summed E-state index contributed by atoms with van der Waals surface area (Å²) in [4.78, 5) is 0. The molecule has 0 aliphatic carbocycles. The summed E-state index contributed by atoms with van der Waals surface area (Å²) in [5, 5.41) is 0. The third-order valence-corrected chi connectivity index (χ3v) is 13.3. The maximum atomic E-state index is 6.05. The van der Waals surface area contributed by atoms with Crippen LogP contribution in [0.3, 0.4) is 0 Å². The first kappa shape index (κ1) is 57.5. The first-order valence-corrected chi connectivity index (χ1v) is 27.7. The highest BCUT2D eigenvalue weighted by atomic mass is 16.7. The highest BCUT2D eigenvalue weighted by Crippen LogP contribution is 2.31. The predicted octanol–water partition coefficient (Wildman–Crippen LogP) is 16.2. The summed E-state index contributed by atoms with van der Waals surface area (Å²) < 4.78 is 46.4. The van der Waals surface area contributed by atoms with Crippen LogP contribution in [-0.4, -0.2) is 50.8 Å². The van der Waals surface area contributed by atoms with Crippen LogP contribution in [-0.2, 0) is 63.6 Å². The molecule has 8 rings (SSSR count). The van der Waals surface area contributed by atoms with Gasteiger partial charge in [0.2, 0.25) is 0 Å². The normalized spacial score (nSPS) is 24.5. The molecule has 0 spiro atoms. The summed E-state index contributed by atoms with van der Waals surface area (Å²) in [5.74, 6) is 0. The summed E-state index contributed by atoms with van der Waals surface area (Å²) in [5.41, 5.74) is 10.1. The molecular formula is C62H92O8. The Kier molecular flexibility index (Phi) is 27.4. The van der Waals surface area contributed by atoms with E-state index in [1.165, 1.54) is 67.2 Å². The van der Waals surface area contributed by atoms with Crippen molar-refractivity contribution < 1.29 is 37.9 Å². The molecule has 0 saturated carbocycles. The van der Waals surface area contributed by atoms with Crippen LogP contribution in [0, 0.1) is 0 Å². The van der Waals surface area contributed by atoms with Crippen LogP contribution < -0.4 is 0 Å². The summed E-state index contributed by atoms with van der Waals surface area (Å²) in [6.07, 6.45) is 21.1. The Labute approximate surface area is 424 Å². The van der Waals surface area contributed by atoms with Crippen molar-refractivity contribution >= 4 is 0 Å². The Morgan fingerprint density at radius 3 is 0.971 bits per heavy atom. The summed E-state index contributed by atoms with van der Waals surface area (Å²) in [6.45, 7) is 20.7. The largest absolute Gasteiger partial charge is 0.348 e. The van der Waals surface area contributed by atoms with Crippen molar-refractivity contribution in [2.75, 3.05) is 26.4 Å². The smallest absolute Gasteiger partial charge is 0.184 e. The molecule has 4 aromatic carbocycles. The summed E-state index contributed by atoms with van der Waals surface area (Å²) in [6, 6.07) is 34.6. The molecule has 0 bridgehead atoms. The zero-order valence-electron chi connectivity index (χ0n) is 44.7. The molecule has 0 N–H and O–H groups in total. The van der Waals surface area contributed by atoms with Crippen molar-refractivity contribution in [3.8, 4) is 0 Å². The average Bonchev–Trinajstić information content (AvgIpc) is 3.40. The van der Waals surface area contributed by atoms with E-state index in [1.54, 1.807) is 0 Å². The van der Waals surface area contributed by atoms with E-state index in [-0.39, 0.29) is 25.2 Å². The number of hydrogen-bond acceptors (Lipinski definition) is 8. The van der Waals surface area contributed by atoms with E-state index in [1.807, 2.05) is 0 Å². The average molecular weight is 965 g/mol. The van der Waals surface area contributed by atoms with Crippen LogP contribution in [0.25, 0.3) is 0 Å². The monoisotopic (exact) mass is 965 g/mol. The number of unbranched alkanes of at least 4 members (excludes halogenated alkanes) is 1. The summed E-state index contributed by atoms with van der Waals surface area (Å²) >= 11 is 0. The molecule has 4 aromatic rings. The molecule has 8 heteroatoms. The zero-order valence-corrected chi connectivity index (χ0v) is 44.7. The van der Waals surface area contributed by atoms with E-state index in [2.05, 4.69) is 152 Å². The Hall–Kier alpha value is -3.44. The van der Waals surface area contributed by atoms with E-state index in [0.29, 0.717) is 24.4 Å². The third kappa shape index (κ3) is 20.2. The molecular weight excluding hydrogens is 873 g/mol. The zero-order chi connectivity index (χ0) is 49.8. The third-order valence-electron chi connectivity index (χ3n) is 13.3. The molecule has 388 valence electrons. The van der Waals surface area contributed by atoms with E-state index in [4.69, 9.17) is 37.9 Å². The number of benzene rings is 4. The van der Waals surface area contributed by atoms with Crippen LogP contribution in [0.4, 0.5) is 0 Å². The molecule has 4 aliphatic rings. The SMILES string of the molecule is CCCCC1CCOC(c2ccc(CCC)cc2)O1.CCCc1ccc(C2OCCC(C)O2)cc1.CCCc1ccc(C2OCCC(CC)O2)cc1.CCCc1ccc(C2OCCC(CCC)O2)cc1. The molecule has 0 radical (unpaired) electrons. The van der Waals surface area contributed by atoms with Gasteiger partial charge in [-0.3, -0.25) is 0 Å². The fourth-order valence-corrected chi connectivity index (χ4v) is 9.12. The molecule has 8 nitrogen and oxygen atoms in total. The van der Waals surface area contributed by atoms with Crippen LogP contribution in [0.1, 0.15) is 215 Å². The van der Waals surface area contributed by atoms with Crippen molar-refractivity contribution in [1.29, 1.82) is 0 Å². The molecule has 4 fully saturated rings. The fourth-order valence-electron chi connectivity index (χ4n) is 9.12. The molecule has 70 heavy (non-hydrogen) atoms. The lowest BCUT2D eigenvalue weighted by molar-refractivity contribution is -0.218. The Morgan fingerprint density at radius 2 is 0.657 bits per heavy atom. The van der Waals surface area contributed by atoms with Crippen LogP contribution >= 0.6 is 0 Å². The second-order valence-electron chi connectivity index (χ2n) is 19.5. The molecule has 4 heterocycles. The van der Waals surface area contributed by atoms with Crippen molar-refractivity contribution in [3.63, 3.8) is 0 Å². The maximum absolute atomic E-state index is 6.05. The lowest BCUT2D eigenvalue weighted by Crippen LogP contribution is -2.26. The van der Waals surface area contributed by atoms with Gasteiger partial charge >= 0.3 is 0 Å². The quantitative estimate of drug-likeness (QED) is 0.0976. The Balaban J connectivity index is 0.000000174. The lowest BCUT2D eigenvalue weighted by atomic mass is 10.1. The van der Waals surface area contributed by atoms with Gasteiger partial charge in [-0.05, 0) is 99.8 Å². The standard InChI is InChI=1S/C17H26O2.C16H24O2.C15H22O2.C14H20O2/c1-3-5-7-16-12-13-18-17(19-16)15-10-8-14(6-4-2)9-11-15;1-3-5-13-7-9-14(10-8-13)16-17-12-11-15(18-16)6-4-2;1-3-5-12-6-8-13(9-7-12)15-16-11-10-14(4-2)17-15;1-3-4-12-5-7-13(8-6-12)14-15-10-9-11(2)16-14/h8-11,16-17H,3-7,12-13H2,1-2H3;7-10,15-16H,3-6,11-12H2,1-2H3;6-9,14-15H,3-5,10-11H2,1-2H3;5-8,11,14H,3-4,9-10H2,1-2H3. The van der Waals surface area contributed by atoms with Gasteiger partial charge in [-0.1, -0.05) is 190 Å². The minimum absolute atomic E-state index is 0.161. The predicted molar refractivity (Wildman–Crippen MR) is 285 cm³/mol. The van der Waals surface area contributed by atoms with Gasteiger partial charge in [0.05, 0.1) is 50.8 Å². The van der Waals surface area contributed by atoms with Crippen LogP contribution in [0.2, 0.25) is 0 Å². The van der Waals surface area contributed by atoms with E-state index < -0.39 is 0 Å². The van der Waals surface area contributed by atoms with Crippen LogP contribution in [0.15, 0.2) is 97.1 Å². The second kappa shape index (κ2) is 33.3. The molecule has 8 atom stereocenters. The minimum Gasteiger partial charge on any atom is -0.348 e. The number of rotatable bonds is 18. The van der Waals surface area contributed by atoms with Crippen molar-refractivity contribution in [3.05, 3.63) is 142 Å². The highest BCUT2D eigenvalue weighted by molar-refractivity contribution is 5.26.